The molecule has 7 nitrogen and oxygen atoms in total. The standard InChI is InChI=1S/C18H20N4O3/c1-3-21-16-14(17(23)22(4-2)18(21)24)15(19)13(10-20-16)25-11-12-8-6-5-7-9-12/h5-10H,3-4,11H2,1-2H3,(H2,19,20). The summed E-state index contributed by atoms with van der Waals surface area (Å²) in [5, 5.41) is 0.217. The van der Waals surface area contributed by atoms with E-state index in [2.05, 4.69) is 4.98 Å². The highest BCUT2D eigenvalue weighted by Crippen LogP contribution is 2.26. The van der Waals surface area contributed by atoms with Crippen LogP contribution in [0.4, 0.5) is 5.69 Å². The lowest BCUT2D eigenvalue weighted by Crippen LogP contribution is -2.40. The Morgan fingerprint density at radius 2 is 1.76 bits per heavy atom. The lowest BCUT2D eigenvalue weighted by Gasteiger charge is -2.14. The molecule has 0 aliphatic rings. The van der Waals surface area contributed by atoms with Crippen molar-refractivity contribution in [2.45, 2.75) is 33.5 Å². The number of benzene rings is 1. The summed E-state index contributed by atoms with van der Waals surface area (Å²) in [6.07, 6.45) is 1.46. The van der Waals surface area contributed by atoms with E-state index in [4.69, 9.17) is 10.5 Å². The molecule has 0 bridgehead atoms. The Labute approximate surface area is 144 Å². The van der Waals surface area contributed by atoms with Crippen LogP contribution in [0.5, 0.6) is 5.75 Å². The summed E-state index contributed by atoms with van der Waals surface area (Å²) < 4.78 is 8.34. The molecule has 0 fully saturated rings. The average molecular weight is 340 g/mol. The number of hydrogen-bond donors (Lipinski definition) is 1. The number of nitrogens with two attached hydrogens (primary N) is 1. The molecule has 2 N–H and O–H groups in total. The molecule has 3 rings (SSSR count). The number of anilines is 1. The number of aryl methyl sites for hydroxylation is 1. The van der Waals surface area contributed by atoms with Crippen molar-refractivity contribution < 1.29 is 4.74 Å². The fourth-order valence-electron chi connectivity index (χ4n) is 2.79. The minimum atomic E-state index is -0.442. The van der Waals surface area contributed by atoms with E-state index in [0.29, 0.717) is 18.9 Å². The van der Waals surface area contributed by atoms with Crippen LogP contribution in [0.2, 0.25) is 0 Å². The van der Waals surface area contributed by atoms with Crippen molar-refractivity contribution >= 4 is 16.7 Å². The lowest BCUT2D eigenvalue weighted by molar-refractivity contribution is 0.307. The van der Waals surface area contributed by atoms with E-state index in [1.165, 1.54) is 10.8 Å². The first-order valence-corrected chi connectivity index (χ1v) is 8.17. The molecule has 0 unspecified atom stereocenters. The number of nitrogen functional groups attached to an aromatic ring is 1. The van der Waals surface area contributed by atoms with Gasteiger partial charge in [-0.1, -0.05) is 30.3 Å². The fourth-order valence-corrected chi connectivity index (χ4v) is 2.79. The van der Waals surface area contributed by atoms with Gasteiger partial charge in [-0.15, -0.1) is 0 Å². The monoisotopic (exact) mass is 340 g/mol. The first kappa shape index (κ1) is 16.8. The van der Waals surface area contributed by atoms with Gasteiger partial charge in [-0.3, -0.25) is 13.9 Å². The molecule has 2 heterocycles. The van der Waals surface area contributed by atoms with E-state index in [1.54, 1.807) is 6.92 Å². The predicted octanol–water partition coefficient (Wildman–Crippen LogP) is 1.76. The minimum absolute atomic E-state index is 0.204. The molecule has 1 aromatic carbocycles. The Balaban J connectivity index is 2.13. The average Bonchev–Trinajstić information content (AvgIpc) is 2.62. The van der Waals surface area contributed by atoms with Crippen molar-refractivity contribution in [3.63, 3.8) is 0 Å². The van der Waals surface area contributed by atoms with Gasteiger partial charge >= 0.3 is 5.69 Å². The molecule has 0 spiro atoms. The molecule has 0 aliphatic carbocycles. The fraction of sp³-hybridized carbons (Fsp3) is 0.278. The van der Waals surface area contributed by atoms with Crippen LogP contribution in [0.25, 0.3) is 11.0 Å². The van der Waals surface area contributed by atoms with Gasteiger partial charge in [0.15, 0.2) is 11.4 Å². The van der Waals surface area contributed by atoms with Crippen molar-refractivity contribution in [3.8, 4) is 5.75 Å². The number of fused-ring (bicyclic) bond motifs is 1. The zero-order chi connectivity index (χ0) is 18.0. The second-order valence-corrected chi connectivity index (χ2v) is 5.59. The summed E-state index contributed by atoms with van der Waals surface area (Å²) in [5.41, 5.74) is 6.83. The Morgan fingerprint density at radius 3 is 2.40 bits per heavy atom. The molecule has 0 amide bonds. The number of nitrogens with zero attached hydrogens (tertiary/aromatic N) is 3. The van der Waals surface area contributed by atoms with Crippen molar-refractivity contribution in [2.24, 2.45) is 0 Å². The first-order valence-electron chi connectivity index (χ1n) is 8.17. The molecule has 0 saturated heterocycles. The minimum Gasteiger partial charge on any atom is -0.485 e. The van der Waals surface area contributed by atoms with E-state index < -0.39 is 5.56 Å². The van der Waals surface area contributed by atoms with E-state index in [-0.39, 0.29) is 29.0 Å². The number of aromatic nitrogens is 3. The van der Waals surface area contributed by atoms with Crippen molar-refractivity contribution in [2.75, 3.05) is 5.73 Å². The van der Waals surface area contributed by atoms with E-state index >= 15 is 0 Å². The Kier molecular flexibility index (Phi) is 4.56. The molecular weight excluding hydrogens is 320 g/mol. The maximum absolute atomic E-state index is 12.7. The van der Waals surface area contributed by atoms with Gasteiger partial charge in [0.25, 0.3) is 5.56 Å². The van der Waals surface area contributed by atoms with Crippen LogP contribution in [0.3, 0.4) is 0 Å². The van der Waals surface area contributed by atoms with Crippen LogP contribution in [0.15, 0.2) is 46.1 Å². The van der Waals surface area contributed by atoms with Gasteiger partial charge in [0.05, 0.1) is 11.9 Å². The topological polar surface area (TPSA) is 92.1 Å². The third-order valence-corrected chi connectivity index (χ3v) is 4.11. The second-order valence-electron chi connectivity index (χ2n) is 5.59. The van der Waals surface area contributed by atoms with Crippen molar-refractivity contribution in [1.29, 1.82) is 0 Å². The van der Waals surface area contributed by atoms with Gasteiger partial charge in [0.2, 0.25) is 0 Å². The van der Waals surface area contributed by atoms with E-state index in [0.717, 1.165) is 10.1 Å². The molecule has 0 atom stereocenters. The van der Waals surface area contributed by atoms with Gasteiger partial charge in [-0.2, -0.15) is 0 Å². The molecule has 0 saturated carbocycles. The SMILES string of the molecule is CCn1c(=O)c2c(N)c(OCc3ccccc3)cnc2n(CC)c1=O. The van der Waals surface area contributed by atoms with Gasteiger partial charge in [0.1, 0.15) is 12.0 Å². The molecule has 7 heteroatoms. The Hall–Kier alpha value is -3.09. The van der Waals surface area contributed by atoms with Crippen LogP contribution in [0.1, 0.15) is 19.4 Å². The maximum Gasteiger partial charge on any atom is 0.332 e. The van der Waals surface area contributed by atoms with Crippen LogP contribution in [-0.4, -0.2) is 14.1 Å². The Morgan fingerprint density at radius 1 is 1.08 bits per heavy atom. The predicted molar refractivity (Wildman–Crippen MR) is 96.8 cm³/mol. The second kappa shape index (κ2) is 6.80. The maximum atomic E-state index is 12.7. The van der Waals surface area contributed by atoms with Crippen LogP contribution >= 0.6 is 0 Å². The van der Waals surface area contributed by atoms with Crippen LogP contribution in [0, 0.1) is 0 Å². The highest BCUT2D eigenvalue weighted by atomic mass is 16.5. The molecule has 0 aliphatic heterocycles. The van der Waals surface area contributed by atoms with Crippen molar-refractivity contribution in [3.05, 3.63) is 62.9 Å². The highest BCUT2D eigenvalue weighted by Gasteiger charge is 2.17. The van der Waals surface area contributed by atoms with E-state index in [1.807, 2.05) is 37.3 Å². The molecule has 25 heavy (non-hydrogen) atoms. The Bertz CT molecular complexity index is 1020. The number of hydrogen-bond acceptors (Lipinski definition) is 5. The van der Waals surface area contributed by atoms with Gasteiger partial charge < -0.3 is 10.5 Å². The summed E-state index contributed by atoms with van der Waals surface area (Å²) in [7, 11) is 0. The number of rotatable bonds is 5. The largest absolute Gasteiger partial charge is 0.485 e. The third-order valence-electron chi connectivity index (χ3n) is 4.11. The molecule has 2 aromatic heterocycles. The quantitative estimate of drug-likeness (QED) is 0.764. The normalized spacial score (nSPS) is 11.0. The molecule has 3 aromatic rings. The van der Waals surface area contributed by atoms with Gasteiger partial charge in [-0.05, 0) is 19.4 Å². The third kappa shape index (κ3) is 2.88. The van der Waals surface area contributed by atoms with Gasteiger partial charge in [0, 0.05) is 13.1 Å². The smallest absolute Gasteiger partial charge is 0.332 e. The molecular formula is C18H20N4O3. The summed E-state index contributed by atoms with van der Waals surface area (Å²) in [6.45, 7) is 4.54. The van der Waals surface area contributed by atoms with Crippen LogP contribution < -0.4 is 21.7 Å². The zero-order valence-electron chi connectivity index (χ0n) is 14.2. The van der Waals surface area contributed by atoms with Gasteiger partial charge in [-0.25, -0.2) is 9.78 Å². The lowest BCUT2D eigenvalue weighted by atomic mass is 10.2. The summed E-state index contributed by atoms with van der Waals surface area (Å²) in [5.74, 6) is 0.331. The number of ether oxygens (including phenoxy) is 1. The molecule has 0 radical (unpaired) electrons. The summed E-state index contributed by atoms with van der Waals surface area (Å²) >= 11 is 0. The van der Waals surface area contributed by atoms with Crippen molar-refractivity contribution in [1.82, 2.24) is 14.1 Å². The molecule has 130 valence electrons. The number of pyridine rings is 1. The summed E-state index contributed by atoms with van der Waals surface area (Å²) in [6, 6.07) is 9.63. The van der Waals surface area contributed by atoms with Crippen LogP contribution in [-0.2, 0) is 19.7 Å². The first-order chi connectivity index (χ1) is 12.1. The summed E-state index contributed by atoms with van der Waals surface area (Å²) in [4.78, 5) is 29.3. The highest BCUT2D eigenvalue weighted by molar-refractivity contribution is 5.90. The van der Waals surface area contributed by atoms with E-state index in [9.17, 15) is 9.59 Å². The zero-order valence-corrected chi connectivity index (χ0v) is 14.2.